The Balaban J connectivity index is 1.52. The number of hydrogen-bond donors (Lipinski definition) is 1. The van der Waals surface area contributed by atoms with Crippen LogP contribution in [0.1, 0.15) is 43.2 Å². The minimum Gasteiger partial charge on any atom is -0.315 e. The second-order valence-corrected chi connectivity index (χ2v) is 6.09. The Labute approximate surface area is 117 Å². The molecule has 19 heavy (non-hydrogen) atoms. The van der Waals surface area contributed by atoms with Gasteiger partial charge in [-0.15, -0.1) is 0 Å². The summed E-state index contributed by atoms with van der Waals surface area (Å²) in [4.78, 5) is 2.73. The number of rotatable bonds is 6. The summed E-state index contributed by atoms with van der Waals surface area (Å²) in [5.41, 5.74) is 3.18. The van der Waals surface area contributed by atoms with Crippen LogP contribution < -0.4 is 5.32 Å². The van der Waals surface area contributed by atoms with Gasteiger partial charge in [0.2, 0.25) is 0 Å². The normalized spacial score (nSPS) is 26.2. The van der Waals surface area contributed by atoms with Crippen LogP contribution in [0.2, 0.25) is 0 Å². The topological polar surface area (TPSA) is 15.3 Å². The molecule has 1 aliphatic carbocycles. The van der Waals surface area contributed by atoms with Crippen molar-refractivity contribution in [3.63, 3.8) is 0 Å². The highest BCUT2D eigenvalue weighted by Crippen LogP contribution is 2.36. The van der Waals surface area contributed by atoms with E-state index in [1.807, 2.05) is 0 Å². The molecule has 2 heteroatoms. The van der Waals surface area contributed by atoms with Gasteiger partial charge in [-0.3, -0.25) is 4.90 Å². The Morgan fingerprint density at radius 1 is 1.32 bits per heavy atom. The zero-order valence-corrected chi connectivity index (χ0v) is 12.1. The molecule has 1 heterocycles. The fourth-order valence-electron chi connectivity index (χ4n) is 3.62. The average molecular weight is 258 g/mol. The monoisotopic (exact) mass is 258 g/mol. The van der Waals surface area contributed by atoms with Crippen molar-refractivity contribution < 1.29 is 0 Å². The summed E-state index contributed by atoms with van der Waals surface area (Å²) < 4.78 is 0. The average Bonchev–Trinajstić information content (AvgIpc) is 2.84. The van der Waals surface area contributed by atoms with E-state index in [9.17, 15) is 0 Å². The van der Waals surface area contributed by atoms with Gasteiger partial charge in [-0.05, 0) is 49.9 Å². The van der Waals surface area contributed by atoms with Crippen LogP contribution in [0, 0.1) is 0 Å². The third kappa shape index (κ3) is 2.85. The Morgan fingerprint density at radius 2 is 2.21 bits per heavy atom. The Morgan fingerprint density at radius 3 is 3.05 bits per heavy atom. The second kappa shape index (κ2) is 6.06. The molecule has 104 valence electrons. The molecule has 0 radical (unpaired) electrons. The predicted octanol–water partition coefficient (Wildman–Crippen LogP) is 2.79. The van der Waals surface area contributed by atoms with Crippen LogP contribution >= 0.6 is 0 Å². The number of nitrogens with one attached hydrogen (secondary N) is 1. The van der Waals surface area contributed by atoms with Crippen LogP contribution in [-0.2, 0) is 6.42 Å². The predicted molar refractivity (Wildman–Crippen MR) is 80.6 cm³/mol. The minimum atomic E-state index is 0.777. The van der Waals surface area contributed by atoms with E-state index in [0.717, 1.165) is 18.5 Å². The molecule has 0 amide bonds. The maximum Gasteiger partial charge on any atom is 0.0221 e. The van der Waals surface area contributed by atoms with E-state index in [1.165, 1.54) is 45.3 Å². The van der Waals surface area contributed by atoms with E-state index in [2.05, 4.69) is 41.4 Å². The molecule has 1 fully saturated rings. The molecule has 1 aliphatic heterocycles. The van der Waals surface area contributed by atoms with Gasteiger partial charge in [0.25, 0.3) is 0 Å². The van der Waals surface area contributed by atoms with E-state index >= 15 is 0 Å². The molecule has 3 rings (SSSR count). The fourth-order valence-corrected chi connectivity index (χ4v) is 3.62. The lowest BCUT2D eigenvalue weighted by Gasteiger charge is -2.35. The van der Waals surface area contributed by atoms with E-state index in [1.54, 1.807) is 11.1 Å². The van der Waals surface area contributed by atoms with E-state index in [4.69, 9.17) is 0 Å². The Hall–Kier alpha value is -0.860. The first-order valence-corrected chi connectivity index (χ1v) is 7.91. The minimum absolute atomic E-state index is 0.777. The number of fused-ring (bicyclic) bond motifs is 1. The lowest BCUT2D eigenvalue weighted by Crippen LogP contribution is -2.41. The summed E-state index contributed by atoms with van der Waals surface area (Å²) in [5.74, 6) is 0.794. The molecule has 0 spiro atoms. The van der Waals surface area contributed by atoms with Crippen LogP contribution in [0.15, 0.2) is 24.3 Å². The molecule has 0 aromatic heterocycles. The highest BCUT2D eigenvalue weighted by Gasteiger charge is 2.31. The first-order valence-electron chi connectivity index (χ1n) is 7.91. The van der Waals surface area contributed by atoms with Gasteiger partial charge in [0.05, 0.1) is 0 Å². The molecular formula is C17H26N2. The van der Waals surface area contributed by atoms with Gasteiger partial charge in [-0.2, -0.15) is 0 Å². The summed E-state index contributed by atoms with van der Waals surface area (Å²) in [6, 6.07) is 9.75. The molecule has 1 saturated heterocycles. The van der Waals surface area contributed by atoms with Crippen molar-refractivity contribution in [1.29, 1.82) is 0 Å². The summed E-state index contributed by atoms with van der Waals surface area (Å²) in [5, 5.41) is 3.59. The second-order valence-electron chi connectivity index (χ2n) is 6.09. The Bertz CT molecular complexity index is 415. The van der Waals surface area contributed by atoms with E-state index in [0.29, 0.717) is 0 Å². The number of hydrogen-bond acceptors (Lipinski definition) is 2. The van der Waals surface area contributed by atoms with Crippen LogP contribution in [0.4, 0.5) is 0 Å². The van der Waals surface area contributed by atoms with Crippen LogP contribution in [0.5, 0.6) is 0 Å². The third-order valence-electron chi connectivity index (χ3n) is 4.72. The number of benzene rings is 1. The Kier molecular flexibility index (Phi) is 4.19. The molecule has 1 aromatic rings. The standard InChI is InChI=1S/C17H26N2/c1-2-9-18-12-16-7-5-10-19(16)13-15-11-14-6-3-4-8-17(14)15/h3-4,6,8,15-16,18H,2,5,7,9-13H2,1H3. The van der Waals surface area contributed by atoms with E-state index < -0.39 is 0 Å². The zero-order valence-electron chi connectivity index (χ0n) is 12.1. The molecule has 0 bridgehead atoms. The molecule has 2 nitrogen and oxygen atoms in total. The van der Waals surface area contributed by atoms with Crippen molar-refractivity contribution in [3.8, 4) is 0 Å². The van der Waals surface area contributed by atoms with Gasteiger partial charge >= 0.3 is 0 Å². The fraction of sp³-hybridized carbons (Fsp3) is 0.647. The molecule has 0 saturated carbocycles. The van der Waals surface area contributed by atoms with Gasteiger partial charge in [0.15, 0.2) is 0 Å². The summed E-state index contributed by atoms with van der Waals surface area (Å²) in [7, 11) is 0. The summed E-state index contributed by atoms with van der Waals surface area (Å²) >= 11 is 0. The van der Waals surface area contributed by atoms with Crippen LogP contribution in [0.25, 0.3) is 0 Å². The molecule has 2 atom stereocenters. The van der Waals surface area contributed by atoms with Gasteiger partial charge in [0.1, 0.15) is 0 Å². The largest absolute Gasteiger partial charge is 0.315 e. The van der Waals surface area contributed by atoms with Crippen LogP contribution in [0.3, 0.4) is 0 Å². The van der Waals surface area contributed by atoms with Gasteiger partial charge in [0, 0.05) is 25.0 Å². The van der Waals surface area contributed by atoms with Crippen molar-refractivity contribution in [3.05, 3.63) is 35.4 Å². The SMILES string of the molecule is CCCNCC1CCCN1CC1Cc2ccccc21. The van der Waals surface area contributed by atoms with Crippen molar-refractivity contribution in [2.45, 2.75) is 44.6 Å². The summed E-state index contributed by atoms with van der Waals surface area (Å²) in [6.07, 6.45) is 5.29. The maximum atomic E-state index is 3.59. The number of likely N-dealkylation sites (tertiary alicyclic amines) is 1. The highest BCUT2D eigenvalue weighted by atomic mass is 15.2. The smallest absolute Gasteiger partial charge is 0.0221 e. The van der Waals surface area contributed by atoms with Crippen molar-refractivity contribution >= 4 is 0 Å². The molecule has 1 aromatic carbocycles. The summed E-state index contributed by atoms with van der Waals surface area (Å²) in [6.45, 7) is 7.16. The van der Waals surface area contributed by atoms with E-state index in [-0.39, 0.29) is 0 Å². The highest BCUT2D eigenvalue weighted by molar-refractivity contribution is 5.40. The van der Waals surface area contributed by atoms with Gasteiger partial charge < -0.3 is 5.32 Å². The molecule has 2 aliphatic rings. The lowest BCUT2D eigenvalue weighted by molar-refractivity contribution is 0.225. The quantitative estimate of drug-likeness (QED) is 0.789. The lowest BCUT2D eigenvalue weighted by atomic mass is 9.77. The molecular weight excluding hydrogens is 232 g/mol. The van der Waals surface area contributed by atoms with Gasteiger partial charge in [-0.25, -0.2) is 0 Å². The molecule has 2 unspecified atom stereocenters. The first kappa shape index (κ1) is 13.1. The molecule has 1 N–H and O–H groups in total. The van der Waals surface area contributed by atoms with Crippen LogP contribution in [-0.4, -0.2) is 37.1 Å². The van der Waals surface area contributed by atoms with Gasteiger partial charge in [-0.1, -0.05) is 31.2 Å². The van der Waals surface area contributed by atoms with Crippen molar-refractivity contribution in [1.82, 2.24) is 10.2 Å². The van der Waals surface area contributed by atoms with Crippen molar-refractivity contribution in [2.75, 3.05) is 26.2 Å². The van der Waals surface area contributed by atoms with Crippen molar-refractivity contribution in [2.24, 2.45) is 0 Å². The maximum absolute atomic E-state index is 3.59. The zero-order chi connectivity index (χ0) is 13.1. The first-order chi connectivity index (χ1) is 9.38. The third-order valence-corrected chi connectivity index (χ3v) is 4.72. The number of nitrogens with zero attached hydrogens (tertiary/aromatic N) is 1.